The second kappa shape index (κ2) is 10.7. The molecule has 0 aromatic carbocycles. The fourth-order valence-electron chi connectivity index (χ4n) is 5.41. The van der Waals surface area contributed by atoms with Crippen LogP contribution in [0.3, 0.4) is 0 Å². The van der Waals surface area contributed by atoms with Crippen molar-refractivity contribution in [2.24, 2.45) is 29.1 Å². The molecule has 0 N–H and O–H groups in total. The van der Waals surface area contributed by atoms with Crippen molar-refractivity contribution in [1.82, 2.24) is 0 Å². The minimum absolute atomic E-state index is 0.0580. The quantitative estimate of drug-likeness (QED) is 0.190. The smallest absolute Gasteiger partial charge is 0.192 e. The van der Waals surface area contributed by atoms with Crippen LogP contribution in [-0.2, 0) is 18.7 Å². The summed E-state index contributed by atoms with van der Waals surface area (Å²) in [6, 6.07) is 0. The van der Waals surface area contributed by atoms with Crippen molar-refractivity contribution in [1.29, 1.82) is 0 Å². The molecule has 3 rings (SSSR count). The molecule has 2 saturated carbocycles. The molecule has 0 aromatic heterocycles. The number of fused-ring (bicyclic) bond motifs is 1. The molecular formula is C29H47BrO4Si. The maximum absolute atomic E-state index is 13.2. The van der Waals surface area contributed by atoms with E-state index in [4.69, 9.17) is 13.9 Å². The summed E-state index contributed by atoms with van der Waals surface area (Å²) in [7, 11) is -1.96. The number of carbonyl (C=O) groups is 1. The molecule has 35 heavy (non-hydrogen) atoms. The Kier molecular flexibility index (Phi) is 8.92. The maximum Gasteiger partial charge on any atom is 0.192 e. The molecule has 0 bridgehead atoms. The first-order chi connectivity index (χ1) is 16.1. The fraction of sp³-hybridized carbons (Fsp3) is 0.828. The van der Waals surface area contributed by atoms with E-state index in [9.17, 15) is 4.79 Å². The molecule has 0 aromatic rings. The molecule has 0 amide bonds. The molecule has 2 aliphatic carbocycles. The van der Waals surface area contributed by atoms with Gasteiger partial charge in [0.25, 0.3) is 0 Å². The van der Waals surface area contributed by atoms with Crippen molar-refractivity contribution in [2.75, 3.05) is 13.2 Å². The Balaban J connectivity index is 1.83. The molecule has 1 spiro atoms. The highest BCUT2D eigenvalue weighted by atomic mass is 79.9. The summed E-state index contributed by atoms with van der Waals surface area (Å²) in [4.78, 5) is 13.2. The Morgan fingerprint density at radius 1 is 1.20 bits per heavy atom. The highest BCUT2D eigenvalue weighted by molar-refractivity contribution is 9.12. The molecule has 6 heteroatoms. The van der Waals surface area contributed by atoms with Crippen molar-refractivity contribution in [3.8, 4) is 11.8 Å². The zero-order valence-electron chi connectivity index (χ0n) is 23.4. The lowest BCUT2D eigenvalue weighted by molar-refractivity contribution is -0.298. The van der Waals surface area contributed by atoms with Crippen LogP contribution in [0.5, 0.6) is 0 Å². The van der Waals surface area contributed by atoms with E-state index in [-0.39, 0.29) is 34.2 Å². The molecule has 0 unspecified atom stereocenters. The number of hydrogen-bond acceptors (Lipinski definition) is 4. The van der Waals surface area contributed by atoms with Gasteiger partial charge < -0.3 is 13.9 Å². The van der Waals surface area contributed by atoms with E-state index in [0.29, 0.717) is 22.7 Å². The number of carbonyl (C=O) groups excluding carboxylic acids is 1. The average Bonchev–Trinajstić information content (AvgIpc) is 3.24. The van der Waals surface area contributed by atoms with Crippen LogP contribution >= 0.6 is 15.9 Å². The van der Waals surface area contributed by atoms with Gasteiger partial charge in [0.1, 0.15) is 0 Å². The molecule has 1 saturated heterocycles. The van der Waals surface area contributed by atoms with Crippen molar-refractivity contribution >= 4 is 30.0 Å². The molecule has 3 aliphatic rings. The van der Waals surface area contributed by atoms with Gasteiger partial charge in [-0.15, -0.1) is 11.8 Å². The summed E-state index contributed by atoms with van der Waals surface area (Å²) in [5, 5.41) is 0.140. The highest BCUT2D eigenvalue weighted by Crippen LogP contribution is 2.57. The van der Waals surface area contributed by atoms with Crippen LogP contribution < -0.4 is 0 Å². The third-order valence-corrected chi connectivity index (χ3v) is 13.8. The zero-order chi connectivity index (χ0) is 26.2. The van der Waals surface area contributed by atoms with Gasteiger partial charge in [0.05, 0.1) is 23.8 Å². The van der Waals surface area contributed by atoms with Gasteiger partial charge in [0.15, 0.2) is 19.9 Å². The average molecular weight is 568 g/mol. The summed E-state index contributed by atoms with van der Waals surface area (Å²) < 4.78 is 20.5. The van der Waals surface area contributed by atoms with Crippen LogP contribution in [0.1, 0.15) is 80.6 Å². The number of ether oxygens (including phenoxy) is 2. The number of halogens is 1. The largest absolute Gasteiger partial charge is 0.413 e. The molecule has 1 aliphatic heterocycles. The van der Waals surface area contributed by atoms with Gasteiger partial charge in [-0.2, -0.15) is 0 Å². The molecule has 198 valence electrons. The van der Waals surface area contributed by atoms with E-state index in [2.05, 4.69) is 81.6 Å². The van der Waals surface area contributed by atoms with Crippen molar-refractivity contribution in [3.63, 3.8) is 0 Å². The summed E-state index contributed by atoms with van der Waals surface area (Å²) in [6.45, 7) is 21.4. The SMILES string of the molecule is CCC#CC[C@@H](C)C(=O)C(Br)=C[C@@H]1[C@H]2CC3(C[C@H]2C[C@H]1O[Si](C)(C)C(C)(C)C)OCC(C)(C)CO3. The van der Waals surface area contributed by atoms with Gasteiger partial charge in [0, 0.05) is 42.9 Å². The summed E-state index contributed by atoms with van der Waals surface area (Å²) in [6.07, 6.45) is 6.50. The predicted molar refractivity (Wildman–Crippen MR) is 149 cm³/mol. The van der Waals surface area contributed by atoms with Gasteiger partial charge in [-0.1, -0.05) is 54.5 Å². The molecule has 0 radical (unpaired) electrons. The number of ketones is 1. The third kappa shape index (κ3) is 6.71. The molecule has 4 nitrogen and oxygen atoms in total. The minimum atomic E-state index is -1.96. The first kappa shape index (κ1) is 29.1. The van der Waals surface area contributed by atoms with E-state index in [1.165, 1.54) is 0 Å². The van der Waals surface area contributed by atoms with Crippen LogP contribution in [0.25, 0.3) is 0 Å². The molecule has 1 heterocycles. The zero-order valence-corrected chi connectivity index (χ0v) is 26.0. The number of Topliss-reactive ketones (excluding diaryl/α,β-unsaturated/α-hetero) is 1. The standard InChI is InChI=1S/C29H47BrO4Si/c1-10-11-12-13-20(2)26(31)24(30)15-22-23-17-29(32-18-28(6,7)19-33-29)16-21(23)14-25(22)34-35(8,9)27(3,4)5/h15,20-23,25H,10,13-14,16-19H2,1-9H3/t20-,21-,22-,23+,25-/m1/s1. The second-order valence-electron chi connectivity index (χ2n) is 13.4. The lowest BCUT2D eigenvalue weighted by Crippen LogP contribution is -2.47. The minimum Gasteiger partial charge on any atom is -0.413 e. The first-order valence-corrected chi connectivity index (χ1v) is 17.1. The second-order valence-corrected chi connectivity index (χ2v) is 19.0. The Hall–Kier alpha value is -0.453. The Labute approximate surface area is 223 Å². The topological polar surface area (TPSA) is 44.8 Å². The van der Waals surface area contributed by atoms with E-state index in [1.807, 2.05) is 13.8 Å². The third-order valence-electron chi connectivity index (χ3n) is 8.62. The Bertz CT molecular complexity index is 865. The van der Waals surface area contributed by atoms with E-state index in [0.717, 1.165) is 38.9 Å². The summed E-state index contributed by atoms with van der Waals surface area (Å²) >= 11 is 3.67. The molecule has 3 fully saturated rings. The lowest BCUT2D eigenvalue weighted by Gasteiger charge is -2.43. The van der Waals surface area contributed by atoms with Crippen molar-refractivity contribution < 1.29 is 18.7 Å². The number of hydrogen-bond donors (Lipinski definition) is 0. The Morgan fingerprint density at radius 3 is 2.40 bits per heavy atom. The highest BCUT2D eigenvalue weighted by Gasteiger charge is 2.58. The fourth-order valence-corrected chi connectivity index (χ4v) is 7.47. The van der Waals surface area contributed by atoms with Crippen LogP contribution in [0.2, 0.25) is 18.1 Å². The van der Waals surface area contributed by atoms with Gasteiger partial charge >= 0.3 is 0 Å². The van der Waals surface area contributed by atoms with Gasteiger partial charge in [0.2, 0.25) is 0 Å². The molecular weight excluding hydrogens is 520 g/mol. The first-order valence-electron chi connectivity index (χ1n) is 13.4. The number of rotatable bonds is 6. The normalized spacial score (nSPS) is 31.1. The van der Waals surface area contributed by atoms with Crippen LogP contribution in [0, 0.1) is 40.9 Å². The van der Waals surface area contributed by atoms with Crippen LogP contribution in [-0.4, -0.2) is 39.2 Å². The van der Waals surface area contributed by atoms with E-state index < -0.39 is 14.1 Å². The van der Waals surface area contributed by atoms with Crippen molar-refractivity contribution in [3.05, 3.63) is 10.6 Å². The maximum atomic E-state index is 13.2. The predicted octanol–water partition coefficient (Wildman–Crippen LogP) is 7.48. The van der Waals surface area contributed by atoms with Gasteiger partial charge in [-0.3, -0.25) is 4.79 Å². The summed E-state index contributed by atoms with van der Waals surface area (Å²) in [5.74, 6) is 6.78. The van der Waals surface area contributed by atoms with Gasteiger partial charge in [-0.05, 0) is 52.3 Å². The van der Waals surface area contributed by atoms with Crippen LogP contribution in [0.15, 0.2) is 10.6 Å². The van der Waals surface area contributed by atoms with Crippen LogP contribution in [0.4, 0.5) is 0 Å². The lowest BCUT2D eigenvalue weighted by atomic mass is 9.89. The monoisotopic (exact) mass is 566 g/mol. The number of allylic oxidation sites excluding steroid dienone is 1. The summed E-state index contributed by atoms with van der Waals surface area (Å²) in [5.41, 5.74) is 0.0580. The van der Waals surface area contributed by atoms with Crippen molar-refractivity contribution in [2.45, 2.75) is 111 Å². The Morgan fingerprint density at radius 2 is 1.83 bits per heavy atom. The van der Waals surface area contributed by atoms with E-state index >= 15 is 0 Å². The van der Waals surface area contributed by atoms with Gasteiger partial charge in [-0.25, -0.2) is 0 Å². The van der Waals surface area contributed by atoms with E-state index in [1.54, 1.807) is 0 Å². The molecule has 5 atom stereocenters.